The van der Waals surface area contributed by atoms with Crippen molar-refractivity contribution >= 4 is 5.91 Å². The fourth-order valence-electron chi connectivity index (χ4n) is 1.84. The van der Waals surface area contributed by atoms with Crippen LogP contribution in [0.4, 0.5) is 0 Å². The van der Waals surface area contributed by atoms with E-state index in [-0.39, 0.29) is 5.91 Å². The van der Waals surface area contributed by atoms with Crippen molar-refractivity contribution in [3.63, 3.8) is 0 Å². The Morgan fingerprint density at radius 3 is 2.53 bits per heavy atom. The van der Waals surface area contributed by atoms with Gasteiger partial charge in [0.15, 0.2) is 0 Å². The molecule has 0 unspecified atom stereocenters. The van der Waals surface area contributed by atoms with Gasteiger partial charge in [0.05, 0.1) is 5.56 Å². The molecule has 0 spiro atoms. The van der Waals surface area contributed by atoms with Crippen molar-refractivity contribution in [1.82, 2.24) is 19.9 Å². The lowest BCUT2D eigenvalue weighted by Gasteiger charge is -2.06. The van der Waals surface area contributed by atoms with Gasteiger partial charge in [0.25, 0.3) is 5.91 Å². The normalized spacial score (nSPS) is 10.3. The summed E-state index contributed by atoms with van der Waals surface area (Å²) in [6.45, 7) is 3.81. The van der Waals surface area contributed by atoms with Gasteiger partial charge >= 0.3 is 0 Å². The number of carbonyl (C=O) groups excluding carboxylic acids is 1. The van der Waals surface area contributed by atoms with Crippen LogP contribution in [0.2, 0.25) is 0 Å². The Morgan fingerprint density at radius 2 is 1.94 bits per heavy atom. The van der Waals surface area contributed by atoms with E-state index in [1.54, 1.807) is 25.5 Å². The highest BCUT2D eigenvalue weighted by Gasteiger charge is 2.16. The maximum Gasteiger partial charge on any atom is 0.252 e. The molecule has 0 aliphatic carbocycles. The Morgan fingerprint density at radius 1 is 1.29 bits per heavy atom. The number of carbonyl (C=O) groups is 1. The Balaban J connectivity index is 2.57. The van der Waals surface area contributed by atoms with Crippen LogP contribution >= 0.6 is 0 Å². The van der Waals surface area contributed by atoms with Crippen LogP contribution in [0.5, 0.6) is 0 Å². The van der Waals surface area contributed by atoms with Crippen LogP contribution < -0.4 is 5.32 Å². The largest absolute Gasteiger partial charge is 0.355 e. The average Bonchev–Trinajstić information content (AvgIpc) is 2.65. The first-order valence-electron chi connectivity index (χ1n) is 5.33. The number of nitrogens with one attached hydrogen (secondary N) is 1. The minimum absolute atomic E-state index is 0.0970. The number of aromatic nitrogens is 3. The van der Waals surface area contributed by atoms with Crippen molar-refractivity contribution in [2.75, 3.05) is 7.05 Å². The first kappa shape index (κ1) is 11.3. The molecule has 2 rings (SSSR count). The van der Waals surface area contributed by atoms with Gasteiger partial charge in [0.2, 0.25) is 5.95 Å². The second-order valence-corrected chi connectivity index (χ2v) is 3.75. The molecule has 2 heterocycles. The Bertz CT molecular complexity index is 545. The van der Waals surface area contributed by atoms with Crippen molar-refractivity contribution in [1.29, 1.82) is 0 Å². The molecule has 5 nitrogen and oxygen atoms in total. The first-order chi connectivity index (χ1) is 8.15. The summed E-state index contributed by atoms with van der Waals surface area (Å²) in [6.07, 6.45) is 3.36. The van der Waals surface area contributed by atoms with Crippen molar-refractivity contribution in [3.8, 4) is 5.95 Å². The quantitative estimate of drug-likeness (QED) is 0.844. The summed E-state index contributed by atoms with van der Waals surface area (Å²) in [7, 11) is 1.62. The van der Waals surface area contributed by atoms with E-state index in [0.717, 1.165) is 11.4 Å². The smallest absolute Gasteiger partial charge is 0.252 e. The van der Waals surface area contributed by atoms with Crippen molar-refractivity contribution in [2.24, 2.45) is 0 Å². The van der Waals surface area contributed by atoms with E-state index in [2.05, 4.69) is 15.3 Å². The molecule has 0 bridgehead atoms. The molecule has 5 heteroatoms. The third kappa shape index (κ3) is 1.91. The van der Waals surface area contributed by atoms with Crippen molar-refractivity contribution in [3.05, 3.63) is 41.5 Å². The van der Waals surface area contributed by atoms with Crippen LogP contribution in [0.1, 0.15) is 21.7 Å². The van der Waals surface area contributed by atoms with Gasteiger partial charge in [-0.15, -0.1) is 0 Å². The summed E-state index contributed by atoms with van der Waals surface area (Å²) in [6, 6.07) is 3.60. The summed E-state index contributed by atoms with van der Waals surface area (Å²) in [5.74, 6) is 0.484. The predicted octanol–water partition coefficient (Wildman–Crippen LogP) is 1.24. The van der Waals surface area contributed by atoms with E-state index in [1.165, 1.54) is 0 Å². The van der Waals surface area contributed by atoms with Crippen molar-refractivity contribution < 1.29 is 4.79 Å². The molecule has 0 aromatic carbocycles. The number of aryl methyl sites for hydroxylation is 1. The van der Waals surface area contributed by atoms with Crippen LogP contribution in [-0.2, 0) is 0 Å². The monoisotopic (exact) mass is 230 g/mol. The number of nitrogens with zero attached hydrogens (tertiary/aromatic N) is 3. The lowest BCUT2D eigenvalue weighted by Crippen LogP contribution is -2.18. The molecule has 88 valence electrons. The van der Waals surface area contributed by atoms with Gasteiger partial charge in [0.1, 0.15) is 0 Å². The highest BCUT2D eigenvalue weighted by molar-refractivity contribution is 5.95. The van der Waals surface area contributed by atoms with Gasteiger partial charge in [-0.1, -0.05) is 0 Å². The predicted molar refractivity (Wildman–Crippen MR) is 64.2 cm³/mol. The highest BCUT2D eigenvalue weighted by atomic mass is 16.1. The molecular weight excluding hydrogens is 216 g/mol. The number of hydrogen-bond donors (Lipinski definition) is 1. The fraction of sp³-hybridized carbons (Fsp3) is 0.250. The van der Waals surface area contributed by atoms with Crippen LogP contribution in [-0.4, -0.2) is 27.5 Å². The van der Waals surface area contributed by atoms with Gasteiger partial charge in [0, 0.05) is 30.8 Å². The standard InChI is InChI=1S/C12H14N4O/c1-8-7-10(11(17)13-3)9(2)16(8)12-14-5-4-6-15-12/h4-7H,1-3H3,(H,13,17). The zero-order chi connectivity index (χ0) is 12.4. The lowest BCUT2D eigenvalue weighted by molar-refractivity contribution is 0.0962. The van der Waals surface area contributed by atoms with Gasteiger partial charge < -0.3 is 5.32 Å². The minimum atomic E-state index is -0.0970. The van der Waals surface area contributed by atoms with E-state index in [9.17, 15) is 4.79 Å². The SMILES string of the molecule is CNC(=O)c1cc(C)n(-c2ncccn2)c1C. The third-order valence-corrected chi connectivity index (χ3v) is 2.65. The van der Waals surface area contributed by atoms with Gasteiger partial charge in [-0.25, -0.2) is 9.97 Å². The molecule has 0 aliphatic rings. The minimum Gasteiger partial charge on any atom is -0.355 e. The summed E-state index contributed by atoms with van der Waals surface area (Å²) in [5, 5.41) is 2.62. The molecule has 0 radical (unpaired) electrons. The molecule has 0 fully saturated rings. The molecule has 0 saturated heterocycles. The third-order valence-electron chi connectivity index (χ3n) is 2.65. The Hall–Kier alpha value is -2.17. The molecular formula is C12H14N4O. The lowest BCUT2D eigenvalue weighted by atomic mass is 10.2. The highest BCUT2D eigenvalue weighted by Crippen LogP contribution is 2.17. The van der Waals surface area contributed by atoms with Crippen LogP contribution in [0.25, 0.3) is 5.95 Å². The van der Waals surface area contributed by atoms with E-state index in [4.69, 9.17) is 0 Å². The summed E-state index contributed by atoms with van der Waals surface area (Å²) in [5.41, 5.74) is 2.43. The molecule has 1 N–H and O–H groups in total. The topological polar surface area (TPSA) is 59.8 Å². The van der Waals surface area contributed by atoms with Gasteiger partial charge in [-0.2, -0.15) is 0 Å². The maximum atomic E-state index is 11.7. The first-order valence-corrected chi connectivity index (χ1v) is 5.33. The van der Waals surface area contributed by atoms with E-state index < -0.39 is 0 Å². The Labute approximate surface area is 99.5 Å². The summed E-state index contributed by atoms with van der Waals surface area (Å²) in [4.78, 5) is 20.0. The number of rotatable bonds is 2. The summed E-state index contributed by atoms with van der Waals surface area (Å²) < 4.78 is 1.87. The molecule has 2 aromatic heterocycles. The van der Waals surface area contributed by atoms with Crippen molar-refractivity contribution in [2.45, 2.75) is 13.8 Å². The molecule has 0 aliphatic heterocycles. The second-order valence-electron chi connectivity index (χ2n) is 3.75. The molecule has 2 aromatic rings. The number of amides is 1. The van der Waals surface area contributed by atoms with E-state index >= 15 is 0 Å². The zero-order valence-corrected chi connectivity index (χ0v) is 10.1. The van der Waals surface area contributed by atoms with Crippen LogP contribution in [0, 0.1) is 13.8 Å². The number of hydrogen-bond acceptors (Lipinski definition) is 3. The van der Waals surface area contributed by atoms with E-state index in [0.29, 0.717) is 11.5 Å². The van der Waals surface area contributed by atoms with Gasteiger partial charge in [-0.05, 0) is 26.0 Å². The zero-order valence-electron chi connectivity index (χ0n) is 10.1. The Kier molecular flexibility index (Phi) is 2.91. The fourth-order valence-corrected chi connectivity index (χ4v) is 1.84. The molecule has 1 amide bonds. The summed E-state index contributed by atoms with van der Waals surface area (Å²) >= 11 is 0. The van der Waals surface area contributed by atoms with Gasteiger partial charge in [-0.3, -0.25) is 9.36 Å². The molecule has 0 atom stereocenters. The van der Waals surface area contributed by atoms with E-state index in [1.807, 2.05) is 24.5 Å². The van der Waals surface area contributed by atoms with Crippen LogP contribution in [0.3, 0.4) is 0 Å². The molecule has 0 saturated carbocycles. The maximum absolute atomic E-state index is 11.7. The average molecular weight is 230 g/mol. The van der Waals surface area contributed by atoms with Crippen LogP contribution in [0.15, 0.2) is 24.5 Å². The molecule has 17 heavy (non-hydrogen) atoms. The second kappa shape index (κ2) is 4.37.